The van der Waals surface area contributed by atoms with E-state index in [9.17, 15) is 4.39 Å². The van der Waals surface area contributed by atoms with Crippen LogP contribution in [0.2, 0.25) is 0 Å². The largest absolute Gasteiger partial charge is 0.206 e. The first kappa shape index (κ1) is 12.2. The van der Waals surface area contributed by atoms with E-state index >= 15 is 0 Å². The van der Waals surface area contributed by atoms with Crippen molar-refractivity contribution in [3.63, 3.8) is 0 Å². The molecule has 1 aromatic carbocycles. The van der Waals surface area contributed by atoms with Crippen molar-refractivity contribution in [3.8, 4) is 0 Å². The summed E-state index contributed by atoms with van der Waals surface area (Å²) >= 11 is 7.08. The van der Waals surface area contributed by atoms with Crippen LogP contribution >= 0.6 is 31.9 Å². The minimum Gasteiger partial charge on any atom is -0.206 e. The Balaban J connectivity index is 1.78. The Morgan fingerprint density at radius 2 is 1.82 bits per heavy atom. The molecular weight excluding hydrogens is 347 g/mol. The second-order valence-electron chi connectivity index (χ2n) is 5.26. The predicted octanol–water partition coefficient (Wildman–Crippen LogP) is 5.46. The molecule has 2 aliphatic carbocycles. The molecular formula is C14H15Br2F. The van der Waals surface area contributed by atoms with E-state index in [1.165, 1.54) is 31.2 Å². The summed E-state index contributed by atoms with van der Waals surface area (Å²) in [7, 11) is 0. The van der Waals surface area contributed by atoms with Gasteiger partial charge in [-0.15, -0.1) is 0 Å². The Morgan fingerprint density at radius 1 is 1.18 bits per heavy atom. The summed E-state index contributed by atoms with van der Waals surface area (Å²) in [6, 6.07) is 5.38. The third-order valence-electron chi connectivity index (χ3n) is 4.32. The van der Waals surface area contributed by atoms with Crippen LogP contribution < -0.4 is 0 Å². The SMILES string of the molecule is Fc1ccc(C(Br)C2C3CCCCC32)cc1Br. The monoisotopic (exact) mass is 360 g/mol. The molecule has 0 amide bonds. The maximum Gasteiger partial charge on any atom is 0.137 e. The van der Waals surface area contributed by atoms with Crippen molar-refractivity contribution in [1.29, 1.82) is 0 Å². The fraction of sp³-hybridized carbons (Fsp3) is 0.571. The quantitative estimate of drug-likeness (QED) is 0.613. The van der Waals surface area contributed by atoms with Crippen molar-refractivity contribution in [2.24, 2.45) is 17.8 Å². The van der Waals surface area contributed by atoms with Gasteiger partial charge in [0.25, 0.3) is 0 Å². The molecule has 2 fully saturated rings. The summed E-state index contributed by atoms with van der Waals surface area (Å²) in [5, 5.41) is 0. The molecule has 17 heavy (non-hydrogen) atoms. The highest BCUT2D eigenvalue weighted by Crippen LogP contribution is 2.62. The lowest BCUT2D eigenvalue weighted by Gasteiger charge is -2.10. The molecule has 3 unspecified atom stereocenters. The Labute approximate surface area is 118 Å². The van der Waals surface area contributed by atoms with Gasteiger partial charge in [-0.3, -0.25) is 0 Å². The number of fused-ring (bicyclic) bond motifs is 1. The van der Waals surface area contributed by atoms with E-state index in [1.54, 1.807) is 6.07 Å². The maximum atomic E-state index is 13.2. The van der Waals surface area contributed by atoms with Gasteiger partial charge in [0.15, 0.2) is 0 Å². The zero-order valence-electron chi connectivity index (χ0n) is 9.50. The van der Waals surface area contributed by atoms with Gasteiger partial charge in [0.1, 0.15) is 5.82 Å². The Morgan fingerprint density at radius 3 is 2.41 bits per heavy atom. The number of hydrogen-bond acceptors (Lipinski definition) is 0. The molecule has 3 atom stereocenters. The Kier molecular flexibility index (Phi) is 3.33. The summed E-state index contributed by atoms with van der Waals surface area (Å²) < 4.78 is 13.8. The summed E-state index contributed by atoms with van der Waals surface area (Å²) in [6.45, 7) is 0. The Hall–Kier alpha value is 0.110. The minimum atomic E-state index is -0.179. The highest BCUT2D eigenvalue weighted by molar-refractivity contribution is 9.10. The molecule has 2 aliphatic rings. The molecule has 2 saturated carbocycles. The van der Waals surface area contributed by atoms with Crippen molar-refractivity contribution in [3.05, 3.63) is 34.1 Å². The normalized spacial score (nSPS) is 33.0. The van der Waals surface area contributed by atoms with Crippen molar-refractivity contribution in [1.82, 2.24) is 0 Å². The van der Waals surface area contributed by atoms with Crippen molar-refractivity contribution in [2.75, 3.05) is 0 Å². The first-order chi connectivity index (χ1) is 8.18. The van der Waals surface area contributed by atoms with Gasteiger partial charge in [-0.1, -0.05) is 34.8 Å². The number of halogens is 3. The van der Waals surface area contributed by atoms with Crippen LogP contribution in [0.5, 0.6) is 0 Å². The standard InChI is InChI=1S/C14H15Br2F/c15-11-7-8(5-6-12(11)17)14(16)13-9-3-1-2-4-10(9)13/h5-7,9-10,13-14H,1-4H2. The number of rotatable bonds is 2. The molecule has 3 rings (SSSR count). The van der Waals surface area contributed by atoms with Crippen LogP contribution in [0.3, 0.4) is 0 Å². The van der Waals surface area contributed by atoms with E-state index in [1.807, 2.05) is 12.1 Å². The molecule has 0 saturated heterocycles. The molecule has 0 spiro atoms. The second kappa shape index (κ2) is 4.65. The van der Waals surface area contributed by atoms with Gasteiger partial charge < -0.3 is 0 Å². The molecule has 3 heteroatoms. The molecule has 0 radical (unpaired) electrons. The van der Waals surface area contributed by atoms with Gasteiger partial charge in [0.05, 0.1) is 4.47 Å². The average molecular weight is 362 g/mol. The highest BCUT2D eigenvalue weighted by Gasteiger charge is 2.53. The van der Waals surface area contributed by atoms with Crippen molar-refractivity contribution in [2.45, 2.75) is 30.5 Å². The van der Waals surface area contributed by atoms with Gasteiger partial charge in [0.2, 0.25) is 0 Å². The zero-order chi connectivity index (χ0) is 12.0. The zero-order valence-corrected chi connectivity index (χ0v) is 12.7. The predicted molar refractivity (Wildman–Crippen MR) is 74.7 cm³/mol. The number of benzene rings is 1. The van der Waals surface area contributed by atoms with Crippen LogP contribution in [-0.2, 0) is 0 Å². The van der Waals surface area contributed by atoms with E-state index in [2.05, 4.69) is 31.9 Å². The molecule has 92 valence electrons. The van der Waals surface area contributed by atoms with Crippen LogP contribution in [-0.4, -0.2) is 0 Å². The molecule has 0 aromatic heterocycles. The van der Waals surface area contributed by atoms with E-state index in [0.717, 1.165) is 17.8 Å². The van der Waals surface area contributed by atoms with E-state index in [-0.39, 0.29) is 5.82 Å². The lowest BCUT2D eigenvalue weighted by Crippen LogP contribution is -1.96. The van der Waals surface area contributed by atoms with E-state index in [4.69, 9.17) is 0 Å². The van der Waals surface area contributed by atoms with E-state index in [0.29, 0.717) is 9.30 Å². The number of alkyl halides is 1. The average Bonchev–Trinajstić information content (AvgIpc) is 3.06. The second-order valence-corrected chi connectivity index (χ2v) is 7.11. The maximum absolute atomic E-state index is 13.2. The third-order valence-corrected chi connectivity index (χ3v) is 6.07. The van der Waals surface area contributed by atoms with Gasteiger partial charge in [0, 0.05) is 4.83 Å². The smallest absolute Gasteiger partial charge is 0.137 e. The van der Waals surface area contributed by atoms with Crippen molar-refractivity contribution < 1.29 is 4.39 Å². The topological polar surface area (TPSA) is 0 Å². The van der Waals surface area contributed by atoms with Crippen LogP contribution in [0.4, 0.5) is 4.39 Å². The van der Waals surface area contributed by atoms with E-state index < -0.39 is 0 Å². The molecule has 1 aromatic rings. The fourth-order valence-electron chi connectivity index (χ4n) is 3.39. The lowest BCUT2D eigenvalue weighted by atomic mass is 10.0. The summed E-state index contributed by atoms with van der Waals surface area (Å²) in [4.78, 5) is 0.396. The third kappa shape index (κ3) is 2.21. The van der Waals surface area contributed by atoms with Crippen LogP contribution in [0, 0.1) is 23.6 Å². The highest BCUT2D eigenvalue weighted by atomic mass is 79.9. The molecule has 0 heterocycles. The lowest BCUT2D eigenvalue weighted by molar-refractivity contribution is 0.480. The van der Waals surface area contributed by atoms with Crippen LogP contribution in [0.1, 0.15) is 36.1 Å². The van der Waals surface area contributed by atoms with Crippen LogP contribution in [0.25, 0.3) is 0 Å². The minimum absolute atomic E-state index is 0.179. The summed E-state index contributed by atoms with van der Waals surface area (Å²) in [6.07, 6.45) is 5.56. The van der Waals surface area contributed by atoms with Gasteiger partial charge in [-0.25, -0.2) is 4.39 Å². The fourth-order valence-corrected chi connectivity index (χ4v) is 4.85. The molecule has 0 nitrogen and oxygen atoms in total. The molecule has 0 aliphatic heterocycles. The molecule has 0 N–H and O–H groups in total. The van der Waals surface area contributed by atoms with Crippen molar-refractivity contribution >= 4 is 31.9 Å². The first-order valence-electron chi connectivity index (χ1n) is 6.27. The van der Waals surface area contributed by atoms with Gasteiger partial charge in [-0.05, 0) is 64.2 Å². The van der Waals surface area contributed by atoms with Gasteiger partial charge >= 0.3 is 0 Å². The summed E-state index contributed by atoms with van der Waals surface area (Å²) in [5.74, 6) is 2.42. The number of hydrogen-bond donors (Lipinski definition) is 0. The Bertz CT molecular complexity index is 420. The molecule has 0 bridgehead atoms. The van der Waals surface area contributed by atoms with Gasteiger partial charge in [-0.2, -0.15) is 0 Å². The van der Waals surface area contributed by atoms with Crippen LogP contribution in [0.15, 0.2) is 22.7 Å². The first-order valence-corrected chi connectivity index (χ1v) is 7.98. The summed E-state index contributed by atoms with van der Waals surface area (Å²) in [5.41, 5.74) is 1.21.